The zero-order valence-corrected chi connectivity index (χ0v) is 11.0. The Labute approximate surface area is 107 Å². The lowest BCUT2D eigenvalue weighted by atomic mass is 10.0. The molecule has 0 saturated carbocycles. The van der Waals surface area contributed by atoms with Gasteiger partial charge in [0.05, 0.1) is 11.6 Å². The van der Waals surface area contributed by atoms with Gasteiger partial charge in [-0.05, 0) is 44.0 Å². The Hall–Kier alpha value is -1.41. The predicted molar refractivity (Wildman–Crippen MR) is 71.2 cm³/mol. The molecule has 0 aliphatic heterocycles. The van der Waals surface area contributed by atoms with Gasteiger partial charge in [0, 0.05) is 11.3 Å². The predicted octanol–water partition coefficient (Wildman–Crippen LogP) is 3.81. The lowest BCUT2D eigenvalue weighted by Gasteiger charge is -2.07. The molecule has 3 heteroatoms. The molecule has 2 rings (SSSR count). The van der Waals surface area contributed by atoms with E-state index in [1.807, 2.05) is 13.0 Å². The van der Waals surface area contributed by atoms with Gasteiger partial charge >= 0.3 is 0 Å². The highest BCUT2D eigenvalue weighted by Crippen LogP contribution is 2.21. The summed E-state index contributed by atoms with van der Waals surface area (Å²) in [6.07, 6.45) is 0. The molecule has 1 heterocycles. The molecular formula is C14H15ClN2. The molecule has 17 heavy (non-hydrogen) atoms. The number of aryl methyl sites for hydroxylation is 3. The van der Waals surface area contributed by atoms with E-state index < -0.39 is 0 Å². The molecule has 0 radical (unpaired) electrons. The first-order valence-corrected chi connectivity index (χ1v) is 6.12. The van der Waals surface area contributed by atoms with E-state index in [4.69, 9.17) is 11.6 Å². The van der Waals surface area contributed by atoms with Crippen LogP contribution in [0.2, 0.25) is 0 Å². The van der Waals surface area contributed by atoms with Gasteiger partial charge in [0.25, 0.3) is 0 Å². The van der Waals surface area contributed by atoms with Gasteiger partial charge in [-0.2, -0.15) is 0 Å². The van der Waals surface area contributed by atoms with Gasteiger partial charge in [0.15, 0.2) is 0 Å². The molecule has 0 amide bonds. The summed E-state index contributed by atoms with van der Waals surface area (Å²) in [5.74, 6) is 1.03. The molecule has 0 spiro atoms. The second-order valence-electron chi connectivity index (χ2n) is 4.24. The summed E-state index contributed by atoms with van der Waals surface area (Å²) in [7, 11) is 0. The number of aromatic nitrogens is 2. The van der Waals surface area contributed by atoms with Gasteiger partial charge in [-0.1, -0.05) is 12.1 Å². The summed E-state index contributed by atoms with van der Waals surface area (Å²) >= 11 is 5.79. The van der Waals surface area contributed by atoms with Crippen molar-refractivity contribution in [3.8, 4) is 11.3 Å². The van der Waals surface area contributed by atoms with Crippen LogP contribution in [0.25, 0.3) is 11.3 Å². The lowest BCUT2D eigenvalue weighted by molar-refractivity contribution is 0.996. The van der Waals surface area contributed by atoms with Gasteiger partial charge < -0.3 is 0 Å². The van der Waals surface area contributed by atoms with Gasteiger partial charge in [0.2, 0.25) is 0 Å². The van der Waals surface area contributed by atoms with Gasteiger partial charge in [-0.15, -0.1) is 11.6 Å². The Morgan fingerprint density at radius 2 is 1.76 bits per heavy atom. The van der Waals surface area contributed by atoms with Crippen LogP contribution in [0.5, 0.6) is 0 Å². The van der Waals surface area contributed by atoms with Crippen molar-refractivity contribution in [2.24, 2.45) is 0 Å². The van der Waals surface area contributed by atoms with Crippen molar-refractivity contribution in [2.45, 2.75) is 26.7 Å². The van der Waals surface area contributed by atoms with Crippen LogP contribution in [0.1, 0.15) is 22.6 Å². The van der Waals surface area contributed by atoms with E-state index >= 15 is 0 Å². The van der Waals surface area contributed by atoms with E-state index in [0.29, 0.717) is 11.7 Å². The summed E-state index contributed by atoms with van der Waals surface area (Å²) in [5, 5.41) is 0. The van der Waals surface area contributed by atoms with Crippen molar-refractivity contribution < 1.29 is 0 Å². The molecule has 88 valence electrons. The molecular weight excluding hydrogens is 232 g/mol. The normalized spacial score (nSPS) is 10.6. The summed E-state index contributed by atoms with van der Waals surface area (Å²) < 4.78 is 0. The molecule has 0 N–H and O–H groups in total. The molecule has 0 fully saturated rings. The maximum absolute atomic E-state index is 5.79. The molecule has 0 aliphatic rings. The minimum atomic E-state index is 0.347. The zero-order valence-electron chi connectivity index (χ0n) is 10.3. The number of alkyl halides is 1. The van der Waals surface area contributed by atoms with E-state index in [1.54, 1.807) is 0 Å². The number of rotatable bonds is 2. The fraction of sp³-hybridized carbons (Fsp3) is 0.286. The highest BCUT2D eigenvalue weighted by atomic mass is 35.5. The van der Waals surface area contributed by atoms with Crippen LogP contribution in [-0.2, 0) is 5.88 Å². The number of hydrogen-bond donors (Lipinski definition) is 0. The van der Waals surface area contributed by atoms with E-state index in [0.717, 1.165) is 17.0 Å². The highest BCUT2D eigenvalue weighted by molar-refractivity contribution is 6.16. The van der Waals surface area contributed by atoms with Crippen molar-refractivity contribution in [1.29, 1.82) is 0 Å². The highest BCUT2D eigenvalue weighted by Gasteiger charge is 2.05. The third-order valence-electron chi connectivity index (χ3n) is 2.82. The summed E-state index contributed by atoms with van der Waals surface area (Å²) in [4.78, 5) is 8.72. The third kappa shape index (κ3) is 2.64. The van der Waals surface area contributed by atoms with Crippen LogP contribution >= 0.6 is 11.6 Å². The summed E-state index contributed by atoms with van der Waals surface area (Å²) in [5.41, 5.74) is 5.56. The van der Waals surface area contributed by atoms with Crippen molar-refractivity contribution >= 4 is 11.6 Å². The smallest absolute Gasteiger partial charge is 0.143 e. The first-order chi connectivity index (χ1) is 8.10. The van der Waals surface area contributed by atoms with E-state index in [2.05, 4.69) is 42.0 Å². The molecule has 0 aliphatic carbocycles. The van der Waals surface area contributed by atoms with Gasteiger partial charge in [0.1, 0.15) is 5.82 Å². The SMILES string of the molecule is Cc1cc(-c2ccc(C)c(C)c2)nc(CCl)n1. The minimum absolute atomic E-state index is 0.347. The van der Waals surface area contributed by atoms with Gasteiger partial charge in [-0.3, -0.25) is 0 Å². The fourth-order valence-electron chi connectivity index (χ4n) is 1.74. The van der Waals surface area contributed by atoms with Gasteiger partial charge in [-0.25, -0.2) is 9.97 Å². The minimum Gasteiger partial charge on any atom is -0.237 e. The van der Waals surface area contributed by atoms with Crippen LogP contribution in [0.4, 0.5) is 0 Å². The Balaban J connectivity index is 2.52. The van der Waals surface area contributed by atoms with Crippen molar-refractivity contribution in [3.05, 3.63) is 46.9 Å². The lowest BCUT2D eigenvalue weighted by Crippen LogP contribution is -1.97. The molecule has 1 aromatic heterocycles. The average Bonchev–Trinajstić information content (AvgIpc) is 2.32. The second-order valence-corrected chi connectivity index (χ2v) is 4.51. The molecule has 2 nitrogen and oxygen atoms in total. The number of benzene rings is 1. The molecule has 0 atom stereocenters. The zero-order chi connectivity index (χ0) is 12.4. The van der Waals surface area contributed by atoms with E-state index in [9.17, 15) is 0 Å². The van der Waals surface area contributed by atoms with Crippen LogP contribution < -0.4 is 0 Å². The summed E-state index contributed by atoms with van der Waals surface area (Å²) in [6.45, 7) is 6.17. The number of hydrogen-bond acceptors (Lipinski definition) is 2. The Bertz CT molecular complexity index is 550. The maximum atomic E-state index is 5.79. The van der Waals surface area contributed by atoms with E-state index in [1.165, 1.54) is 11.1 Å². The van der Waals surface area contributed by atoms with E-state index in [-0.39, 0.29) is 0 Å². The van der Waals surface area contributed by atoms with Crippen molar-refractivity contribution in [3.63, 3.8) is 0 Å². The monoisotopic (exact) mass is 246 g/mol. The molecule has 0 saturated heterocycles. The van der Waals surface area contributed by atoms with Crippen molar-refractivity contribution in [1.82, 2.24) is 9.97 Å². The Kier molecular flexibility index (Phi) is 3.43. The summed E-state index contributed by atoms with van der Waals surface area (Å²) in [6, 6.07) is 8.33. The second kappa shape index (κ2) is 4.84. The quantitative estimate of drug-likeness (QED) is 0.753. The van der Waals surface area contributed by atoms with Crippen LogP contribution in [0.3, 0.4) is 0 Å². The molecule has 1 aromatic carbocycles. The first kappa shape index (κ1) is 12.1. The molecule has 0 unspecified atom stereocenters. The third-order valence-corrected chi connectivity index (χ3v) is 3.06. The Morgan fingerprint density at radius 3 is 2.41 bits per heavy atom. The molecule has 2 aromatic rings. The van der Waals surface area contributed by atoms with Crippen LogP contribution in [0, 0.1) is 20.8 Å². The average molecular weight is 247 g/mol. The van der Waals surface area contributed by atoms with Crippen LogP contribution in [-0.4, -0.2) is 9.97 Å². The molecule has 0 bridgehead atoms. The number of halogens is 1. The topological polar surface area (TPSA) is 25.8 Å². The largest absolute Gasteiger partial charge is 0.237 e. The number of nitrogens with zero attached hydrogens (tertiary/aromatic N) is 2. The maximum Gasteiger partial charge on any atom is 0.143 e. The standard InChI is InChI=1S/C14H15ClN2/c1-9-4-5-12(6-10(9)2)13-7-11(3)16-14(8-15)17-13/h4-7H,8H2,1-3H3. The van der Waals surface area contributed by atoms with Crippen molar-refractivity contribution in [2.75, 3.05) is 0 Å². The van der Waals surface area contributed by atoms with Crippen LogP contribution in [0.15, 0.2) is 24.3 Å². The Morgan fingerprint density at radius 1 is 1.00 bits per heavy atom. The fourth-order valence-corrected chi connectivity index (χ4v) is 1.86. The first-order valence-electron chi connectivity index (χ1n) is 5.58.